The molecule has 0 aromatic carbocycles. The number of nitrogens with zero attached hydrogens (tertiary/aromatic N) is 1. The minimum Gasteiger partial charge on any atom is -0.481 e. The Labute approximate surface area is 125 Å². The predicted octanol–water partition coefficient (Wildman–Crippen LogP) is 0.667. The van der Waals surface area contributed by atoms with E-state index in [1.165, 1.54) is 0 Å². The van der Waals surface area contributed by atoms with Crippen LogP contribution in [0.1, 0.15) is 34.1 Å². The van der Waals surface area contributed by atoms with Crippen molar-refractivity contribution < 1.29 is 24.5 Å². The molecule has 1 aliphatic heterocycles. The molecule has 1 fully saturated rings. The lowest BCUT2D eigenvalue weighted by Crippen LogP contribution is -2.58. The summed E-state index contributed by atoms with van der Waals surface area (Å²) in [6, 6.07) is -0.895. The van der Waals surface area contributed by atoms with Gasteiger partial charge in [-0.1, -0.05) is 20.8 Å². The Balaban J connectivity index is 2.73. The second-order valence-electron chi connectivity index (χ2n) is 6.61. The van der Waals surface area contributed by atoms with Crippen LogP contribution >= 0.6 is 0 Å². The number of aliphatic hydroxyl groups excluding tert-OH is 1. The van der Waals surface area contributed by atoms with E-state index < -0.39 is 12.0 Å². The van der Waals surface area contributed by atoms with Gasteiger partial charge in [-0.3, -0.25) is 4.79 Å². The third-order valence-electron chi connectivity index (χ3n) is 3.69. The van der Waals surface area contributed by atoms with E-state index >= 15 is 0 Å². The van der Waals surface area contributed by atoms with Crippen molar-refractivity contribution in [1.29, 1.82) is 0 Å². The number of hydrogen-bond donors (Lipinski definition) is 3. The van der Waals surface area contributed by atoms with Crippen molar-refractivity contribution in [2.45, 2.75) is 52.3 Å². The van der Waals surface area contributed by atoms with Crippen molar-refractivity contribution in [3.05, 3.63) is 0 Å². The van der Waals surface area contributed by atoms with Gasteiger partial charge in [0.2, 0.25) is 0 Å². The van der Waals surface area contributed by atoms with Crippen LogP contribution in [0.5, 0.6) is 0 Å². The molecule has 1 heterocycles. The molecule has 7 heteroatoms. The van der Waals surface area contributed by atoms with Crippen molar-refractivity contribution in [1.82, 2.24) is 10.2 Å². The molecular weight excluding hydrogens is 276 g/mol. The van der Waals surface area contributed by atoms with Crippen molar-refractivity contribution in [2.75, 3.05) is 19.8 Å². The maximum atomic E-state index is 12.4. The summed E-state index contributed by atoms with van der Waals surface area (Å²) in [6.07, 6.45) is -0.517. The number of ether oxygens (including phenoxy) is 1. The molecule has 0 aromatic rings. The van der Waals surface area contributed by atoms with Crippen molar-refractivity contribution >= 4 is 12.0 Å². The average Bonchev–Trinajstić information content (AvgIpc) is 2.36. The van der Waals surface area contributed by atoms with Crippen molar-refractivity contribution in [3.63, 3.8) is 0 Å². The Hall–Kier alpha value is -1.34. The summed E-state index contributed by atoms with van der Waals surface area (Å²) in [5.74, 6) is -0.946. The van der Waals surface area contributed by atoms with E-state index in [9.17, 15) is 9.59 Å². The standard InChI is InChI=1S/C14H26N2O5/c1-9-8-21-10(7-17)6-16(9)13(20)15-11(5-12(18)19)14(2,3)4/h9-11,17H,5-8H2,1-4H3,(H,15,20)(H,18,19). The average molecular weight is 302 g/mol. The van der Waals surface area contributed by atoms with Gasteiger partial charge in [0.15, 0.2) is 0 Å². The highest BCUT2D eigenvalue weighted by Gasteiger charge is 2.34. The van der Waals surface area contributed by atoms with Crippen molar-refractivity contribution in [2.24, 2.45) is 5.41 Å². The molecule has 0 aromatic heterocycles. The van der Waals surface area contributed by atoms with E-state index in [2.05, 4.69) is 5.32 Å². The van der Waals surface area contributed by atoms with Crippen LogP contribution in [-0.4, -0.2) is 65.1 Å². The predicted molar refractivity (Wildman–Crippen MR) is 77.0 cm³/mol. The SMILES string of the molecule is CC1COC(CO)CN1C(=O)NC(CC(=O)O)C(C)(C)C. The number of carbonyl (C=O) groups is 2. The summed E-state index contributed by atoms with van der Waals surface area (Å²) in [5.41, 5.74) is -0.361. The zero-order valence-corrected chi connectivity index (χ0v) is 13.1. The highest BCUT2D eigenvalue weighted by molar-refractivity contribution is 5.76. The van der Waals surface area contributed by atoms with Gasteiger partial charge in [0, 0.05) is 6.04 Å². The Kier molecular flexibility index (Phi) is 5.98. The van der Waals surface area contributed by atoms with Crippen LogP contribution in [0.3, 0.4) is 0 Å². The van der Waals surface area contributed by atoms with Crippen LogP contribution in [0.25, 0.3) is 0 Å². The number of carboxylic acid groups (broad SMARTS) is 1. The summed E-state index contributed by atoms with van der Waals surface area (Å²) in [4.78, 5) is 24.9. The van der Waals surface area contributed by atoms with Gasteiger partial charge in [0.1, 0.15) is 0 Å². The second kappa shape index (κ2) is 7.09. The molecule has 3 atom stereocenters. The number of morpholine rings is 1. The first-order valence-electron chi connectivity index (χ1n) is 7.16. The molecule has 2 amide bonds. The maximum Gasteiger partial charge on any atom is 0.318 e. The van der Waals surface area contributed by atoms with Gasteiger partial charge >= 0.3 is 12.0 Å². The van der Waals surface area contributed by atoms with Crippen LogP contribution in [-0.2, 0) is 9.53 Å². The third kappa shape index (κ3) is 5.17. The van der Waals surface area contributed by atoms with Crippen LogP contribution in [0.15, 0.2) is 0 Å². The van der Waals surface area contributed by atoms with Gasteiger partial charge in [-0.25, -0.2) is 4.79 Å². The smallest absolute Gasteiger partial charge is 0.318 e. The zero-order valence-electron chi connectivity index (χ0n) is 13.1. The van der Waals surface area contributed by atoms with E-state index in [0.29, 0.717) is 13.2 Å². The summed E-state index contributed by atoms with van der Waals surface area (Å²) < 4.78 is 5.39. The van der Waals surface area contributed by atoms with Gasteiger partial charge in [-0.15, -0.1) is 0 Å². The molecule has 0 saturated carbocycles. The molecule has 0 spiro atoms. The Morgan fingerprint density at radius 1 is 1.43 bits per heavy atom. The summed E-state index contributed by atoms with van der Waals surface area (Å²) >= 11 is 0. The van der Waals surface area contributed by atoms with E-state index in [4.69, 9.17) is 14.9 Å². The highest BCUT2D eigenvalue weighted by atomic mass is 16.5. The molecule has 0 bridgehead atoms. The van der Waals surface area contributed by atoms with E-state index in [1.54, 1.807) is 4.90 Å². The number of amides is 2. The number of carbonyl (C=O) groups excluding carboxylic acids is 1. The fourth-order valence-corrected chi connectivity index (χ4v) is 2.19. The van der Waals surface area contributed by atoms with Gasteiger partial charge in [0.25, 0.3) is 0 Å². The summed E-state index contributed by atoms with van der Waals surface area (Å²) in [7, 11) is 0. The number of nitrogens with one attached hydrogen (secondary N) is 1. The number of aliphatic hydroxyl groups is 1. The topological polar surface area (TPSA) is 99.1 Å². The molecule has 0 aliphatic carbocycles. The first kappa shape index (κ1) is 17.7. The first-order valence-corrected chi connectivity index (χ1v) is 7.16. The highest BCUT2D eigenvalue weighted by Crippen LogP contribution is 2.22. The van der Waals surface area contributed by atoms with Crippen LogP contribution in [0.4, 0.5) is 4.79 Å². The monoisotopic (exact) mass is 302 g/mol. The van der Waals surface area contributed by atoms with Gasteiger partial charge in [0.05, 0.1) is 38.3 Å². The Morgan fingerprint density at radius 2 is 2.05 bits per heavy atom. The first-order chi connectivity index (χ1) is 9.65. The van der Waals surface area contributed by atoms with Gasteiger partial charge < -0.3 is 25.2 Å². The van der Waals surface area contributed by atoms with Crippen LogP contribution in [0.2, 0.25) is 0 Å². The molecule has 7 nitrogen and oxygen atoms in total. The fourth-order valence-electron chi connectivity index (χ4n) is 2.19. The minimum absolute atomic E-state index is 0.113. The van der Waals surface area contributed by atoms with Crippen LogP contribution in [0, 0.1) is 5.41 Å². The van der Waals surface area contributed by atoms with E-state index in [-0.39, 0.29) is 36.6 Å². The fraction of sp³-hybridized carbons (Fsp3) is 0.857. The quantitative estimate of drug-likeness (QED) is 0.709. The van der Waals surface area contributed by atoms with Gasteiger partial charge in [-0.2, -0.15) is 0 Å². The largest absolute Gasteiger partial charge is 0.481 e. The molecule has 1 saturated heterocycles. The molecule has 1 rings (SSSR count). The molecule has 1 aliphatic rings. The maximum absolute atomic E-state index is 12.4. The molecular formula is C14H26N2O5. The summed E-state index contributed by atoms with van der Waals surface area (Å²) in [6.45, 7) is 8.04. The lowest BCUT2D eigenvalue weighted by Gasteiger charge is -2.39. The van der Waals surface area contributed by atoms with Crippen LogP contribution < -0.4 is 5.32 Å². The second-order valence-corrected chi connectivity index (χ2v) is 6.61. The molecule has 0 radical (unpaired) electrons. The molecule has 3 N–H and O–H groups in total. The lowest BCUT2D eigenvalue weighted by molar-refractivity contribution is -0.138. The molecule has 3 unspecified atom stereocenters. The number of urea groups is 1. The molecule has 122 valence electrons. The Bertz CT molecular complexity index is 380. The van der Waals surface area contributed by atoms with Gasteiger partial charge in [-0.05, 0) is 12.3 Å². The number of hydrogen-bond acceptors (Lipinski definition) is 4. The van der Waals surface area contributed by atoms with Crippen molar-refractivity contribution in [3.8, 4) is 0 Å². The summed E-state index contributed by atoms with van der Waals surface area (Å²) in [5, 5.41) is 20.9. The number of rotatable bonds is 4. The lowest BCUT2D eigenvalue weighted by atomic mass is 9.85. The van der Waals surface area contributed by atoms with E-state index in [1.807, 2.05) is 27.7 Å². The minimum atomic E-state index is -0.946. The normalized spacial score (nSPS) is 24.5. The third-order valence-corrected chi connectivity index (χ3v) is 3.69. The van der Waals surface area contributed by atoms with E-state index in [0.717, 1.165) is 0 Å². The number of aliphatic carboxylic acids is 1. The Morgan fingerprint density at radius 3 is 2.52 bits per heavy atom. The molecule has 21 heavy (non-hydrogen) atoms. The number of carboxylic acids is 1. The zero-order chi connectivity index (χ0) is 16.2.